The third-order valence-corrected chi connectivity index (χ3v) is 3.75. The summed E-state index contributed by atoms with van der Waals surface area (Å²) in [6.07, 6.45) is 0.129. The van der Waals surface area contributed by atoms with Gasteiger partial charge < -0.3 is 25.8 Å². The van der Waals surface area contributed by atoms with Crippen LogP contribution in [-0.4, -0.2) is 45.3 Å². The lowest BCUT2D eigenvalue weighted by molar-refractivity contribution is 0.0607. The Bertz CT molecular complexity index is 514. The van der Waals surface area contributed by atoms with Gasteiger partial charge in [-0.2, -0.15) is 0 Å². The number of ether oxygens (including phenoxy) is 2. The SMILES string of the molecule is CNC(=O)c1c(NCCOC(C)C)sc(C(=O)OC)c1N. The molecular weight excluding hydrogens is 294 g/mol. The Labute approximate surface area is 127 Å². The molecule has 1 aromatic rings. The normalized spacial score (nSPS) is 10.5. The van der Waals surface area contributed by atoms with Crippen molar-refractivity contribution >= 4 is 33.9 Å². The van der Waals surface area contributed by atoms with Crippen LogP contribution in [0.3, 0.4) is 0 Å². The van der Waals surface area contributed by atoms with Crippen LogP contribution in [0.15, 0.2) is 0 Å². The van der Waals surface area contributed by atoms with Crippen molar-refractivity contribution in [1.82, 2.24) is 5.32 Å². The molecule has 0 radical (unpaired) electrons. The van der Waals surface area contributed by atoms with Crippen LogP contribution in [0.2, 0.25) is 0 Å². The summed E-state index contributed by atoms with van der Waals surface area (Å²) < 4.78 is 10.1. The first-order chi connectivity index (χ1) is 9.92. The zero-order chi connectivity index (χ0) is 16.0. The van der Waals surface area contributed by atoms with E-state index in [-0.39, 0.29) is 28.1 Å². The summed E-state index contributed by atoms with van der Waals surface area (Å²) in [7, 11) is 2.77. The van der Waals surface area contributed by atoms with Gasteiger partial charge in [-0.15, -0.1) is 11.3 Å². The average Bonchev–Trinajstić information content (AvgIpc) is 2.78. The van der Waals surface area contributed by atoms with Crippen LogP contribution in [0, 0.1) is 0 Å². The molecule has 118 valence electrons. The third-order valence-electron chi connectivity index (χ3n) is 2.61. The summed E-state index contributed by atoms with van der Waals surface area (Å²) in [6, 6.07) is 0. The van der Waals surface area contributed by atoms with E-state index in [4.69, 9.17) is 10.5 Å². The molecule has 0 aliphatic carbocycles. The van der Waals surface area contributed by atoms with Crippen molar-refractivity contribution < 1.29 is 19.1 Å². The molecule has 0 saturated heterocycles. The fourth-order valence-electron chi connectivity index (χ4n) is 1.62. The first kappa shape index (κ1) is 17.3. The van der Waals surface area contributed by atoms with E-state index in [1.807, 2.05) is 13.8 Å². The van der Waals surface area contributed by atoms with E-state index in [0.29, 0.717) is 18.2 Å². The Morgan fingerprint density at radius 1 is 1.38 bits per heavy atom. The van der Waals surface area contributed by atoms with Crippen LogP contribution in [-0.2, 0) is 9.47 Å². The molecule has 0 aliphatic rings. The molecule has 1 rings (SSSR count). The molecule has 8 heteroatoms. The van der Waals surface area contributed by atoms with E-state index in [1.54, 1.807) is 0 Å². The summed E-state index contributed by atoms with van der Waals surface area (Å²) >= 11 is 1.09. The predicted molar refractivity (Wildman–Crippen MR) is 83.0 cm³/mol. The Hall–Kier alpha value is -1.80. The lowest BCUT2D eigenvalue weighted by Crippen LogP contribution is -2.21. The number of thiophene rings is 1. The molecule has 0 unspecified atom stereocenters. The quantitative estimate of drug-likeness (QED) is 0.518. The zero-order valence-electron chi connectivity index (χ0n) is 12.6. The van der Waals surface area contributed by atoms with Crippen LogP contribution >= 0.6 is 11.3 Å². The fraction of sp³-hybridized carbons (Fsp3) is 0.538. The number of carbonyl (C=O) groups excluding carboxylic acids is 2. The van der Waals surface area contributed by atoms with Gasteiger partial charge in [0.25, 0.3) is 5.91 Å². The molecule has 0 aliphatic heterocycles. The Morgan fingerprint density at radius 3 is 2.57 bits per heavy atom. The zero-order valence-corrected chi connectivity index (χ0v) is 13.4. The van der Waals surface area contributed by atoms with Crippen molar-refractivity contribution in [1.29, 1.82) is 0 Å². The van der Waals surface area contributed by atoms with E-state index < -0.39 is 5.97 Å². The summed E-state index contributed by atoms with van der Waals surface area (Å²) in [4.78, 5) is 23.8. The standard InChI is InChI=1S/C13H21N3O4S/c1-7(2)20-6-5-16-12-8(11(17)15-3)9(14)10(21-12)13(18)19-4/h7,16H,5-6,14H2,1-4H3,(H,15,17). The number of esters is 1. The van der Waals surface area contributed by atoms with Gasteiger partial charge >= 0.3 is 5.97 Å². The maximum atomic E-state index is 11.9. The van der Waals surface area contributed by atoms with E-state index in [9.17, 15) is 9.59 Å². The van der Waals surface area contributed by atoms with Gasteiger partial charge in [0.1, 0.15) is 9.88 Å². The molecule has 0 atom stereocenters. The number of nitrogen functional groups attached to an aromatic ring is 1. The first-order valence-electron chi connectivity index (χ1n) is 6.50. The molecule has 0 aromatic carbocycles. The summed E-state index contributed by atoms with van der Waals surface area (Å²) in [5, 5.41) is 6.10. The molecule has 1 aromatic heterocycles. The van der Waals surface area contributed by atoms with Gasteiger partial charge in [0.15, 0.2) is 0 Å². The minimum Gasteiger partial charge on any atom is -0.465 e. The van der Waals surface area contributed by atoms with Gasteiger partial charge in [0, 0.05) is 13.6 Å². The third kappa shape index (κ3) is 4.33. The van der Waals surface area contributed by atoms with Gasteiger partial charge in [-0.25, -0.2) is 4.79 Å². The molecular formula is C13H21N3O4S. The molecule has 21 heavy (non-hydrogen) atoms. The smallest absolute Gasteiger partial charge is 0.350 e. The van der Waals surface area contributed by atoms with Gasteiger partial charge in [0.05, 0.1) is 31.1 Å². The van der Waals surface area contributed by atoms with Gasteiger partial charge in [-0.1, -0.05) is 0 Å². The average molecular weight is 315 g/mol. The van der Waals surface area contributed by atoms with Gasteiger partial charge in [-0.3, -0.25) is 4.79 Å². The predicted octanol–water partition coefficient (Wildman–Crippen LogP) is 1.31. The highest BCUT2D eigenvalue weighted by molar-refractivity contribution is 7.19. The highest BCUT2D eigenvalue weighted by Crippen LogP contribution is 2.36. The van der Waals surface area contributed by atoms with Crippen LogP contribution < -0.4 is 16.4 Å². The molecule has 7 nitrogen and oxygen atoms in total. The molecule has 0 bridgehead atoms. The minimum absolute atomic E-state index is 0.124. The Morgan fingerprint density at radius 2 is 2.05 bits per heavy atom. The summed E-state index contributed by atoms with van der Waals surface area (Å²) in [5.41, 5.74) is 6.27. The molecule has 0 fully saturated rings. The molecule has 1 amide bonds. The van der Waals surface area contributed by atoms with E-state index in [1.165, 1.54) is 14.2 Å². The lowest BCUT2D eigenvalue weighted by Gasteiger charge is -2.09. The number of methoxy groups -OCH3 is 1. The number of hydrogen-bond donors (Lipinski definition) is 3. The van der Waals surface area contributed by atoms with Crippen LogP contribution in [0.25, 0.3) is 0 Å². The summed E-state index contributed by atoms with van der Waals surface area (Å²) in [5.74, 6) is -0.916. The van der Waals surface area contributed by atoms with Crippen molar-refractivity contribution in [2.75, 3.05) is 38.4 Å². The number of nitrogens with two attached hydrogens (primary N) is 1. The van der Waals surface area contributed by atoms with Crippen molar-refractivity contribution in [2.45, 2.75) is 20.0 Å². The highest BCUT2D eigenvalue weighted by atomic mass is 32.1. The molecule has 0 spiro atoms. The lowest BCUT2D eigenvalue weighted by atomic mass is 10.2. The topological polar surface area (TPSA) is 103 Å². The van der Waals surface area contributed by atoms with Crippen molar-refractivity contribution in [3.63, 3.8) is 0 Å². The fourth-order valence-corrected chi connectivity index (χ4v) is 2.68. The van der Waals surface area contributed by atoms with E-state index >= 15 is 0 Å². The maximum Gasteiger partial charge on any atom is 0.350 e. The van der Waals surface area contributed by atoms with Gasteiger partial charge in [-0.05, 0) is 13.8 Å². The van der Waals surface area contributed by atoms with E-state index in [2.05, 4.69) is 15.4 Å². The van der Waals surface area contributed by atoms with Crippen molar-refractivity contribution in [3.8, 4) is 0 Å². The minimum atomic E-state index is -0.561. The second kappa shape index (κ2) is 7.84. The number of rotatable bonds is 7. The summed E-state index contributed by atoms with van der Waals surface area (Å²) in [6.45, 7) is 4.86. The van der Waals surface area contributed by atoms with Crippen molar-refractivity contribution in [3.05, 3.63) is 10.4 Å². The number of anilines is 2. The van der Waals surface area contributed by atoms with Gasteiger partial charge in [0.2, 0.25) is 0 Å². The highest BCUT2D eigenvalue weighted by Gasteiger charge is 2.25. The molecule has 0 saturated carbocycles. The Kier molecular flexibility index (Phi) is 6.44. The largest absolute Gasteiger partial charge is 0.465 e. The number of carbonyl (C=O) groups is 2. The van der Waals surface area contributed by atoms with E-state index in [0.717, 1.165) is 11.3 Å². The number of amides is 1. The first-order valence-corrected chi connectivity index (χ1v) is 7.32. The van der Waals surface area contributed by atoms with Crippen LogP contribution in [0.1, 0.15) is 33.9 Å². The molecule has 4 N–H and O–H groups in total. The van der Waals surface area contributed by atoms with Crippen molar-refractivity contribution in [2.24, 2.45) is 0 Å². The second-order valence-corrected chi connectivity index (χ2v) is 5.49. The van der Waals surface area contributed by atoms with Crippen LogP contribution in [0.5, 0.6) is 0 Å². The second-order valence-electron chi connectivity index (χ2n) is 4.47. The molecule has 1 heterocycles. The number of nitrogens with one attached hydrogen (secondary N) is 2. The van der Waals surface area contributed by atoms with Crippen LogP contribution in [0.4, 0.5) is 10.7 Å². The number of hydrogen-bond acceptors (Lipinski definition) is 7. The Balaban J connectivity index is 2.95. The maximum absolute atomic E-state index is 11.9. The monoisotopic (exact) mass is 315 g/mol.